The number of hydrogen-bond donors (Lipinski definition) is 1. The monoisotopic (exact) mass is 415 g/mol. The van der Waals surface area contributed by atoms with Crippen LogP contribution >= 0.6 is 11.6 Å². The lowest BCUT2D eigenvalue weighted by atomic mass is 9.99. The van der Waals surface area contributed by atoms with E-state index in [0.29, 0.717) is 17.3 Å². The maximum absolute atomic E-state index is 12.5. The minimum atomic E-state index is -3.63. The second-order valence-electron chi connectivity index (χ2n) is 7.38. The maximum Gasteiger partial charge on any atom is 0.243 e. The molecular formula is C19H30ClN3O3S. The molecule has 0 bridgehead atoms. The number of carbonyl (C=O) groups is 1. The summed E-state index contributed by atoms with van der Waals surface area (Å²) in [4.78, 5) is 14.9. The molecule has 152 valence electrons. The molecule has 6 nitrogen and oxygen atoms in total. The number of likely N-dealkylation sites (tertiary alicyclic amines) is 1. The van der Waals surface area contributed by atoms with Crippen LogP contribution in [0.2, 0.25) is 5.02 Å². The molecule has 1 amide bonds. The van der Waals surface area contributed by atoms with E-state index >= 15 is 0 Å². The highest BCUT2D eigenvalue weighted by Crippen LogP contribution is 2.24. The van der Waals surface area contributed by atoms with Crippen molar-refractivity contribution in [3.63, 3.8) is 0 Å². The van der Waals surface area contributed by atoms with Crippen LogP contribution in [0.1, 0.15) is 33.1 Å². The van der Waals surface area contributed by atoms with Gasteiger partial charge in [0.25, 0.3) is 0 Å². The first kappa shape index (κ1) is 22.0. The van der Waals surface area contributed by atoms with Crippen LogP contribution in [-0.4, -0.2) is 57.7 Å². The fourth-order valence-corrected chi connectivity index (χ4v) is 4.72. The van der Waals surface area contributed by atoms with Crippen molar-refractivity contribution >= 4 is 33.2 Å². The van der Waals surface area contributed by atoms with E-state index in [1.165, 1.54) is 12.8 Å². The number of halogens is 1. The quantitative estimate of drug-likeness (QED) is 0.663. The Labute approximate surface area is 167 Å². The highest BCUT2D eigenvalue weighted by atomic mass is 35.5. The zero-order chi connectivity index (χ0) is 20.0. The van der Waals surface area contributed by atoms with Gasteiger partial charge in [-0.2, -0.15) is 0 Å². The maximum atomic E-state index is 12.5. The minimum Gasteiger partial charge on any atom is -0.354 e. The molecule has 0 unspecified atom stereocenters. The number of carbonyl (C=O) groups excluding carboxylic acids is 1. The molecule has 1 fully saturated rings. The average molecular weight is 416 g/mol. The molecular weight excluding hydrogens is 386 g/mol. The molecule has 1 heterocycles. The summed E-state index contributed by atoms with van der Waals surface area (Å²) in [5.74, 6) is 0.489. The van der Waals surface area contributed by atoms with Crippen LogP contribution in [0.25, 0.3) is 0 Å². The smallest absolute Gasteiger partial charge is 0.243 e. The molecule has 0 radical (unpaired) electrons. The van der Waals surface area contributed by atoms with Crippen molar-refractivity contribution in [2.75, 3.05) is 36.7 Å². The third kappa shape index (κ3) is 6.66. The van der Waals surface area contributed by atoms with Gasteiger partial charge in [-0.3, -0.25) is 9.10 Å². The predicted octanol–water partition coefficient (Wildman–Crippen LogP) is 2.73. The van der Waals surface area contributed by atoms with Gasteiger partial charge >= 0.3 is 0 Å². The first-order valence-electron chi connectivity index (χ1n) is 9.43. The van der Waals surface area contributed by atoms with Gasteiger partial charge in [-0.1, -0.05) is 24.6 Å². The van der Waals surface area contributed by atoms with Gasteiger partial charge in [0, 0.05) is 11.6 Å². The standard InChI is InChI=1S/C19H30ClN3O3S/c1-15-8-12-22(13-9-15)11-5-10-21-19(24)16(2)23(27(3,25)26)18-7-4-6-17(20)14-18/h4,6-7,14-16H,5,8-13H2,1-3H3,(H,21,24)/t16-/m0/s1. The summed E-state index contributed by atoms with van der Waals surface area (Å²) in [6, 6.07) is 5.66. The van der Waals surface area contributed by atoms with Crippen molar-refractivity contribution in [3.05, 3.63) is 29.3 Å². The zero-order valence-electron chi connectivity index (χ0n) is 16.3. The summed E-state index contributed by atoms with van der Waals surface area (Å²) >= 11 is 5.98. The summed E-state index contributed by atoms with van der Waals surface area (Å²) < 4.78 is 25.6. The summed E-state index contributed by atoms with van der Waals surface area (Å²) in [5.41, 5.74) is 0.384. The number of anilines is 1. The van der Waals surface area contributed by atoms with Gasteiger partial charge in [-0.05, 0) is 69.9 Å². The van der Waals surface area contributed by atoms with E-state index in [2.05, 4.69) is 17.1 Å². The van der Waals surface area contributed by atoms with Gasteiger partial charge in [-0.15, -0.1) is 0 Å². The van der Waals surface area contributed by atoms with Crippen LogP contribution in [0.15, 0.2) is 24.3 Å². The Balaban J connectivity index is 1.89. The van der Waals surface area contributed by atoms with Crippen molar-refractivity contribution in [1.82, 2.24) is 10.2 Å². The largest absolute Gasteiger partial charge is 0.354 e. The molecule has 8 heteroatoms. The molecule has 0 saturated carbocycles. The Hall–Kier alpha value is -1.31. The summed E-state index contributed by atoms with van der Waals surface area (Å²) in [5, 5.41) is 3.28. The molecule has 1 aromatic carbocycles. The molecule has 0 aliphatic carbocycles. The Morgan fingerprint density at radius 2 is 2.04 bits per heavy atom. The van der Waals surface area contributed by atoms with Crippen molar-refractivity contribution in [2.24, 2.45) is 5.92 Å². The SMILES string of the molecule is CC1CCN(CCCNC(=O)[C@H](C)N(c2cccc(Cl)c2)S(C)(=O)=O)CC1. The summed E-state index contributed by atoms with van der Waals surface area (Å²) in [6.07, 6.45) is 4.40. The lowest BCUT2D eigenvalue weighted by Gasteiger charge is -2.30. The fraction of sp³-hybridized carbons (Fsp3) is 0.632. The number of sulfonamides is 1. The third-order valence-electron chi connectivity index (χ3n) is 4.98. The molecule has 1 saturated heterocycles. The number of hydrogen-bond acceptors (Lipinski definition) is 4. The third-order valence-corrected chi connectivity index (χ3v) is 6.45. The van der Waals surface area contributed by atoms with Crippen molar-refractivity contribution in [2.45, 2.75) is 39.2 Å². The van der Waals surface area contributed by atoms with Crippen molar-refractivity contribution in [1.29, 1.82) is 0 Å². The molecule has 1 N–H and O–H groups in total. The van der Waals surface area contributed by atoms with Crippen LogP contribution in [0.4, 0.5) is 5.69 Å². The van der Waals surface area contributed by atoms with Crippen molar-refractivity contribution < 1.29 is 13.2 Å². The van der Waals surface area contributed by atoms with Gasteiger partial charge in [-0.25, -0.2) is 8.42 Å². The van der Waals surface area contributed by atoms with Crippen molar-refractivity contribution in [3.8, 4) is 0 Å². The molecule has 1 aromatic rings. The highest BCUT2D eigenvalue weighted by Gasteiger charge is 2.29. The van der Waals surface area contributed by atoms with E-state index in [9.17, 15) is 13.2 Å². The lowest BCUT2D eigenvalue weighted by Crippen LogP contribution is -2.48. The Morgan fingerprint density at radius 3 is 2.63 bits per heavy atom. The average Bonchev–Trinajstić information content (AvgIpc) is 2.59. The van der Waals surface area contributed by atoms with Crippen LogP contribution in [0, 0.1) is 5.92 Å². The van der Waals surface area contributed by atoms with E-state index in [0.717, 1.165) is 42.5 Å². The van der Waals surface area contributed by atoms with E-state index in [1.807, 2.05) is 0 Å². The fourth-order valence-electron chi connectivity index (χ4n) is 3.37. The first-order chi connectivity index (χ1) is 12.7. The Kier molecular flexibility index (Phi) is 7.94. The molecule has 2 rings (SSSR count). The number of nitrogens with zero attached hydrogens (tertiary/aromatic N) is 2. The second kappa shape index (κ2) is 9.75. The number of rotatable bonds is 8. The van der Waals surface area contributed by atoms with Gasteiger partial charge in [0.15, 0.2) is 0 Å². The first-order valence-corrected chi connectivity index (χ1v) is 11.7. The normalized spacial score (nSPS) is 17.5. The molecule has 0 spiro atoms. The van der Waals surface area contributed by atoms with Crippen LogP contribution in [0.5, 0.6) is 0 Å². The number of piperidine rings is 1. The van der Waals surface area contributed by atoms with Crippen LogP contribution in [-0.2, 0) is 14.8 Å². The van der Waals surface area contributed by atoms with Gasteiger partial charge < -0.3 is 10.2 Å². The van der Waals surface area contributed by atoms with E-state index in [1.54, 1.807) is 31.2 Å². The predicted molar refractivity (Wildman–Crippen MR) is 111 cm³/mol. The molecule has 27 heavy (non-hydrogen) atoms. The zero-order valence-corrected chi connectivity index (χ0v) is 17.9. The number of nitrogens with one attached hydrogen (secondary N) is 1. The number of benzene rings is 1. The second-order valence-corrected chi connectivity index (χ2v) is 9.68. The number of amides is 1. The van der Waals surface area contributed by atoms with Crippen LogP contribution < -0.4 is 9.62 Å². The van der Waals surface area contributed by atoms with Crippen LogP contribution in [0.3, 0.4) is 0 Å². The molecule has 0 aromatic heterocycles. The Bertz CT molecular complexity index is 733. The molecule has 1 aliphatic rings. The Morgan fingerprint density at radius 1 is 1.37 bits per heavy atom. The topological polar surface area (TPSA) is 69.7 Å². The minimum absolute atomic E-state index is 0.312. The molecule has 1 aliphatic heterocycles. The van der Waals surface area contributed by atoms with Gasteiger partial charge in [0.1, 0.15) is 6.04 Å². The van der Waals surface area contributed by atoms with E-state index < -0.39 is 16.1 Å². The van der Waals surface area contributed by atoms with E-state index in [4.69, 9.17) is 11.6 Å². The van der Waals surface area contributed by atoms with Gasteiger partial charge in [0.2, 0.25) is 15.9 Å². The summed E-state index contributed by atoms with van der Waals surface area (Å²) in [7, 11) is -3.63. The van der Waals surface area contributed by atoms with Gasteiger partial charge in [0.05, 0.1) is 11.9 Å². The lowest BCUT2D eigenvalue weighted by molar-refractivity contribution is -0.121. The highest BCUT2D eigenvalue weighted by molar-refractivity contribution is 7.92. The van der Waals surface area contributed by atoms with E-state index in [-0.39, 0.29) is 5.91 Å². The molecule has 1 atom stereocenters. The summed E-state index contributed by atoms with van der Waals surface area (Å²) in [6.45, 7) is 7.58.